The van der Waals surface area contributed by atoms with E-state index in [1.807, 2.05) is 24.3 Å². The first-order chi connectivity index (χ1) is 10.8. The van der Waals surface area contributed by atoms with Crippen molar-refractivity contribution in [3.8, 4) is 17.2 Å². The van der Waals surface area contributed by atoms with Crippen LogP contribution in [-0.2, 0) is 13.0 Å². The van der Waals surface area contributed by atoms with Gasteiger partial charge in [0.15, 0.2) is 11.5 Å². The van der Waals surface area contributed by atoms with Crippen LogP contribution in [0.25, 0.3) is 0 Å². The first-order valence-electron chi connectivity index (χ1n) is 7.31. The Hall–Kier alpha value is -1.91. The second-order valence-electron chi connectivity index (χ2n) is 4.96. The lowest BCUT2D eigenvalue weighted by molar-refractivity contribution is 0.354. The molecule has 0 aliphatic carbocycles. The molecule has 0 saturated carbocycles. The summed E-state index contributed by atoms with van der Waals surface area (Å²) < 4.78 is 15.7. The van der Waals surface area contributed by atoms with Gasteiger partial charge in [0.1, 0.15) is 5.75 Å². The van der Waals surface area contributed by atoms with Crippen LogP contribution in [-0.4, -0.2) is 27.9 Å². The van der Waals surface area contributed by atoms with Crippen molar-refractivity contribution in [3.63, 3.8) is 0 Å². The molecule has 2 aromatic carbocycles. The molecule has 0 heterocycles. The van der Waals surface area contributed by atoms with E-state index in [1.165, 1.54) is 11.1 Å². The highest BCUT2D eigenvalue weighted by molar-refractivity contribution is 5.85. The van der Waals surface area contributed by atoms with Crippen molar-refractivity contribution in [2.75, 3.05) is 27.9 Å². The molecule has 126 valence electrons. The third kappa shape index (κ3) is 5.66. The van der Waals surface area contributed by atoms with Gasteiger partial charge in [-0.2, -0.15) is 0 Å². The number of nitrogens with one attached hydrogen (secondary N) is 1. The molecule has 0 radical (unpaired) electrons. The topological polar surface area (TPSA) is 39.7 Å². The van der Waals surface area contributed by atoms with Crippen molar-refractivity contribution in [2.45, 2.75) is 13.0 Å². The smallest absolute Gasteiger partial charge is 0.160 e. The molecule has 0 bridgehead atoms. The summed E-state index contributed by atoms with van der Waals surface area (Å²) in [5.41, 5.74) is 2.47. The molecular formula is C18H24ClNO3. The summed E-state index contributed by atoms with van der Waals surface area (Å²) in [6.07, 6.45) is 0.941. The molecule has 23 heavy (non-hydrogen) atoms. The average molecular weight is 338 g/mol. The standard InChI is InChI=1S/C18H23NO3.ClH/c1-20-16-7-4-15(5-8-16)13-19-11-10-14-6-9-17(21-2)18(12-14)22-3;/h4-9,12,19H,10-11,13H2,1-3H3;1H. The minimum Gasteiger partial charge on any atom is -0.497 e. The number of rotatable bonds is 8. The van der Waals surface area contributed by atoms with E-state index in [0.717, 1.165) is 36.8 Å². The monoisotopic (exact) mass is 337 g/mol. The van der Waals surface area contributed by atoms with Crippen LogP contribution in [0.4, 0.5) is 0 Å². The lowest BCUT2D eigenvalue weighted by atomic mass is 10.1. The molecule has 0 fully saturated rings. The third-order valence-corrected chi connectivity index (χ3v) is 3.53. The summed E-state index contributed by atoms with van der Waals surface area (Å²) in [5, 5.41) is 3.44. The van der Waals surface area contributed by atoms with Gasteiger partial charge in [-0.3, -0.25) is 0 Å². The van der Waals surface area contributed by atoms with E-state index in [2.05, 4.69) is 23.5 Å². The van der Waals surface area contributed by atoms with Crippen LogP contribution >= 0.6 is 12.4 Å². The zero-order valence-corrected chi connectivity index (χ0v) is 14.6. The summed E-state index contributed by atoms with van der Waals surface area (Å²) in [6, 6.07) is 14.1. The molecule has 0 amide bonds. The molecular weight excluding hydrogens is 314 g/mol. The van der Waals surface area contributed by atoms with Crippen molar-refractivity contribution in [1.82, 2.24) is 5.32 Å². The Morgan fingerprint density at radius 1 is 0.783 bits per heavy atom. The molecule has 5 heteroatoms. The average Bonchev–Trinajstić information content (AvgIpc) is 2.59. The second-order valence-corrected chi connectivity index (χ2v) is 4.96. The quantitative estimate of drug-likeness (QED) is 0.749. The van der Waals surface area contributed by atoms with Crippen LogP contribution in [0.2, 0.25) is 0 Å². The van der Waals surface area contributed by atoms with E-state index >= 15 is 0 Å². The van der Waals surface area contributed by atoms with E-state index < -0.39 is 0 Å². The van der Waals surface area contributed by atoms with Gasteiger partial charge in [-0.25, -0.2) is 0 Å². The van der Waals surface area contributed by atoms with Crippen LogP contribution < -0.4 is 19.5 Å². The highest BCUT2D eigenvalue weighted by Crippen LogP contribution is 2.27. The van der Waals surface area contributed by atoms with Crippen LogP contribution in [0.5, 0.6) is 17.2 Å². The Balaban J connectivity index is 0.00000264. The van der Waals surface area contributed by atoms with Gasteiger partial charge in [0.05, 0.1) is 21.3 Å². The molecule has 0 saturated heterocycles. The van der Waals surface area contributed by atoms with Crippen molar-refractivity contribution in [2.24, 2.45) is 0 Å². The summed E-state index contributed by atoms with van der Waals surface area (Å²) in [4.78, 5) is 0. The number of ether oxygens (including phenoxy) is 3. The van der Waals surface area contributed by atoms with Crippen molar-refractivity contribution >= 4 is 12.4 Å². The Labute approximate surface area is 144 Å². The summed E-state index contributed by atoms with van der Waals surface area (Å²) in [7, 11) is 4.98. The fourth-order valence-electron chi connectivity index (χ4n) is 2.24. The van der Waals surface area contributed by atoms with Gasteiger partial charge in [-0.05, 0) is 48.4 Å². The van der Waals surface area contributed by atoms with Gasteiger partial charge in [0, 0.05) is 6.54 Å². The molecule has 0 aromatic heterocycles. The number of hydrogen-bond acceptors (Lipinski definition) is 4. The van der Waals surface area contributed by atoms with Crippen LogP contribution in [0.15, 0.2) is 42.5 Å². The van der Waals surface area contributed by atoms with Gasteiger partial charge < -0.3 is 19.5 Å². The molecule has 0 spiro atoms. The zero-order chi connectivity index (χ0) is 15.8. The fraction of sp³-hybridized carbons (Fsp3) is 0.333. The van der Waals surface area contributed by atoms with Crippen molar-refractivity contribution in [1.29, 1.82) is 0 Å². The molecule has 2 aromatic rings. The van der Waals surface area contributed by atoms with Gasteiger partial charge >= 0.3 is 0 Å². The maximum atomic E-state index is 5.32. The van der Waals surface area contributed by atoms with Crippen molar-refractivity contribution in [3.05, 3.63) is 53.6 Å². The van der Waals surface area contributed by atoms with Crippen LogP contribution in [0.3, 0.4) is 0 Å². The summed E-state index contributed by atoms with van der Waals surface area (Å²) >= 11 is 0. The molecule has 4 nitrogen and oxygen atoms in total. The molecule has 0 unspecified atom stereocenters. The number of benzene rings is 2. The molecule has 1 N–H and O–H groups in total. The van der Waals surface area contributed by atoms with E-state index in [4.69, 9.17) is 14.2 Å². The Kier molecular flexibility index (Phi) is 8.30. The first-order valence-corrected chi connectivity index (χ1v) is 7.31. The van der Waals surface area contributed by atoms with Gasteiger partial charge in [0.25, 0.3) is 0 Å². The van der Waals surface area contributed by atoms with Gasteiger partial charge in [-0.1, -0.05) is 18.2 Å². The maximum absolute atomic E-state index is 5.32. The minimum atomic E-state index is 0. The highest BCUT2D eigenvalue weighted by atomic mass is 35.5. The predicted octanol–water partition coefficient (Wildman–Crippen LogP) is 3.47. The van der Waals surface area contributed by atoms with Crippen LogP contribution in [0, 0.1) is 0 Å². The predicted molar refractivity (Wildman–Crippen MR) is 95.2 cm³/mol. The molecule has 0 atom stereocenters. The summed E-state index contributed by atoms with van der Waals surface area (Å²) in [6.45, 7) is 1.75. The second kappa shape index (κ2) is 9.98. The number of methoxy groups -OCH3 is 3. The lowest BCUT2D eigenvalue weighted by Crippen LogP contribution is -2.16. The fourth-order valence-corrected chi connectivity index (χ4v) is 2.24. The number of halogens is 1. The Morgan fingerprint density at radius 3 is 2.04 bits per heavy atom. The van der Waals surface area contributed by atoms with E-state index in [1.54, 1.807) is 21.3 Å². The van der Waals surface area contributed by atoms with Crippen molar-refractivity contribution < 1.29 is 14.2 Å². The van der Waals surface area contributed by atoms with Crippen LogP contribution in [0.1, 0.15) is 11.1 Å². The van der Waals surface area contributed by atoms with E-state index in [0.29, 0.717) is 0 Å². The van der Waals surface area contributed by atoms with E-state index in [9.17, 15) is 0 Å². The third-order valence-electron chi connectivity index (χ3n) is 3.53. The normalized spacial score (nSPS) is 9.87. The maximum Gasteiger partial charge on any atom is 0.160 e. The number of hydrogen-bond donors (Lipinski definition) is 1. The molecule has 2 rings (SSSR count). The minimum absolute atomic E-state index is 0. The molecule has 0 aliphatic rings. The van der Waals surface area contributed by atoms with E-state index in [-0.39, 0.29) is 12.4 Å². The Bertz CT molecular complexity index is 587. The molecule has 0 aliphatic heterocycles. The SMILES string of the molecule is COc1ccc(CNCCc2ccc(OC)c(OC)c2)cc1.Cl. The highest BCUT2D eigenvalue weighted by Gasteiger charge is 2.04. The van der Waals surface area contributed by atoms with Gasteiger partial charge in [0.2, 0.25) is 0 Å². The lowest BCUT2D eigenvalue weighted by Gasteiger charge is -2.10. The Morgan fingerprint density at radius 2 is 1.43 bits per heavy atom. The first kappa shape index (κ1) is 19.1. The zero-order valence-electron chi connectivity index (χ0n) is 13.8. The largest absolute Gasteiger partial charge is 0.497 e. The van der Waals surface area contributed by atoms with Gasteiger partial charge in [-0.15, -0.1) is 12.4 Å². The summed E-state index contributed by atoms with van der Waals surface area (Å²) in [5.74, 6) is 2.42.